The molecule has 0 rings (SSSR count). The minimum absolute atomic E-state index is 0.00279. The van der Waals surface area contributed by atoms with E-state index in [9.17, 15) is 19.0 Å². The van der Waals surface area contributed by atoms with Gasteiger partial charge in [0, 0.05) is 12.8 Å². The van der Waals surface area contributed by atoms with Crippen LogP contribution in [0.5, 0.6) is 0 Å². The lowest BCUT2D eigenvalue weighted by molar-refractivity contribution is -0.161. The van der Waals surface area contributed by atoms with Crippen LogP contribution in [0, 0.1) is 0 Å². The summed E-state index contributed by atoms with van der Waals surface area (Å²) in [5.41, 5.74) is 0. The Morgan fingerprint density at radius 1 is 0.500 bits per heavy atom. The maximum absolute atomic E-state index is 12.6. The Bertz CT molecular complexity index is 864. The summed E-state index contributed by atoms with van der Waals surface area (Å²) in [5, 5.41) is 0. The van der Waals surface area contributed by atoms with Crippen molar-refractivity contribution >= 4 is 19.8 Å². The third-order valence-corrected chi connectivity index (χ3v) is 10.6. The van der Waals surface area contributed by atoms with Crippen LogP contribution < -0.4 is 0 Å². The van der Waals surface area contributed by atoms with Crippen molar-refractivity contribution in [2.45, 2.75) is 232 Å². The van der Waals surface area contributed by atoms with Gasteiger partial charge in [0.05, 0.1) is 13.2 Å². The molecule has 0 spiro atoms. The molecule has 0 radical (unpaired) electrons. The van der Waals surface area contributed by atoms with Gasteiger partial charge in [-0.3, -0.25) is 18.6 Å². The molecule has 0 aliphatic heterocycles. The van der Waals surface area contributed by atoms with Crippen LogP contribution in [0.3, 0.4) is 0 Å². The Morgan fingerprint density at radius 2 is 0.865 bits per heavy atom. The van der Waals surface area contributed by atoms with E-state index in [1.54, 1.807) is 6.92 Å². The van der Waals surface area contributed by atoms with Crippen molar-refractivity contribution in [3.63, 3.8) is 0 Å². The molecule has 0 fully saturated rings. The molecule has 0 saturated heterocycles. The molecule has 2 unspecified atom stereocenters. The molecular weight excluding hydrogens is 675 g/mol. The van der Waals surface area contributed by atoms with Crippen molar-refractivity contribution in [3.05, 3.63) is 12.2 Å². The molecule has 0 aromatic heterocycles. The Hall–Kier alpha value is -1.21. The zero-order valence-electron chi connectivity index (χ0n) is 34.2. The normalized spacial score (nSPS) is 13.4. The summed E-state index contributed by atoms with van der Waals surface area (Å²) in [4.78, 5) is 34.7. The number of unbranched alkanes of at least 4 members (excludes halogenated alkanes) is 27. The second kappa shape index (κ2) is 39.5. The second-order valence-corrected chi connectivity index (χ2v) is 16.2. The highest BCUT2D eigenvalue weighted by molar-refractivity contribution is 7.47. The first-order chi connectivity index (χ1) is 25.3. The van der Waals surface area contributed by atoms with E-state index in [0.717, 1.165) is 44.9 Å². The third kappa shape index (κ3) is 38.5. The Morgan fingerprint density at radius 3 is 1.27 bits per heavy atom. The van der Waals surface area contributed by atoms with Gasteiger partial charge in [-0.15, -0.1) is 0 Å². The zero-order valence-corrected chi connectivity index (χ0v) is 35.1. The lowest BCUT2D eigenvalue weighted by atomic mass is 10.0. The van der Waals surface area contributed by atoms with E-state index in [-0.39, 0.29) is 32.2 Å². The Kier molecular flexibility index (Phi) is 38.6. The van der Waals surface area contributed by atoms with Crippen molar-refractivity contribution < 1.29 is 37.6 Å². The molecule has 0 bridgehead atoms. The van der Waals surface area contributed by atoms with E-state index in [2.05, 4.69) is 26.0 Å². The fourth-order valence-electron chi connectivity index (χ4n) is 6.33. The number of hydrogen-bond acceptors (Lipinski definition) is 7. The number of rotatable bonds is 41. The first-order valence-corrected chi connectivity index (χ1v) is 23.5. The van der Waals surface area contributed by atoms with Gasteiger partial charge in [0.15, 0.2) is 6.10 Å². The van der Waals surface area contributed by atoms with Crippen LogP contribution >= 0.6 is 7.82 Å². The summed E-state index contributed by atoms with van der Waals surface area (Å²) < 4.78 is 32.6. The average Bonchev–Trinajstić information content (AvgIpc) is 3.12. The van der Waals surface area contributed by atoms with Gasteiger partial charge < -0.3 is 14.4 Å². The van der Waals surface area contributed by atoms with Crippen molar-refractivity contribution in [1.29, 1.82) is 0 Å². The average molecular weight is 759 g/mol. The molecule has 1 N–H and O–H groups in total. The number of phosphoric ester groups is 1. The number of ether oxygens (including phenoxy) is 2. The second-order valence-electron chi connectivity index (χ2n) is 14.7. The van der Waals surface area contributed by atoms with Crippen LogP contribution in [-0.4, -0.2) is 42.8 Å². The number of carbonyl (C=O) groups is 2. The molecular formula is C43H83O8P. The minimum Gasteiger partial charge on any atom is -0.462 e. The van der Waals surface area contributed by atoms with Crippen LogP contribution in [0.2, 0.25) is 0 Å². The van der Waals surface area contributed by atoms with E-state index in [1.165, 1.54) is 141 Å². The van der Waals surface area contributed by atoms with Gasteiger partial charge in [-0.1, -0.05) is 180 Å². The van der Waals surface area contributed by atoms with Crippen LogP contribution in [0.4, 0.5) is 0 Å². The quantitative estimate of drug-likeness (QED) is 0.0284. The number of esters is 2. The molecule has 308 valence electrons. The highest BCUT2D eigenvalue weighted by Crippen LogP contribution is 2.43. The maximum Gasteiger partial charge on any atom is 0.472 e. The first-order valence-electron chi connectivity index (χ1n) is 22.0. The van der Waals surface area contributed by atoms with Gasteiger partial charge in [0.25, 0.3) is 0 Å². The number of carbonyl (C=O) groups excluding carboxylic acids is 2. The minimum atomic E-state index is -4.27. The van der Waals surface area contributed by atoms with E-state index in [4.69, 9.17) is 18.5 Å². The smallest absolute Gasteiger partial charge is 0.462 e. The highest BCUT2D eigenvalue weighted by Gasteiger charge is 2.25. The van der Waals surface area contributed by atoms with E-state index in [0.29, 0.717) is 12.8 Å². The van der Waals surface area contributed by atoms with Crippen LogP contribution in [0.25, 0.3) is 0 Å². The van der Waals surface area contributed by atoms with Crippen molar-refractivity contribution in [1.82, 2.24) is 0 Å². The van der Waals surface area contributed by atoms with E-state index >= 15 is 0 Å². The Balaban J connectivity index is 4.05. The highest BCUT2D eigenvalue weighted by atomic mass is 31.2. The number of allylic oxidation sites excluding steroid dienone is 2. The largest absolute Gasteiger partial charge is 0.472 e. The molecule has 0 aliphatic rings. The number of phosphoric acid groups is 1. The van der Waals surface area contributed by atoms with Gasteiger partial charge in [0.2, 0.25) is 0 Å². The zero-order chi connectivity index (χ0) is 38.2. The molecule has 0 aromatic rings. The van der Waals surface area contributed by atoms with Gasteiger partial charge in [-0.25, -0.2) is 4.57 Å². The molecule has 2 atom stereocenters. The standard InChI is InChI=1S/C43H83O8P/c1-4-7-9-11-13-15-17-19-21-22-23-24-26-28-30-32-34-36-38-43(45)51-41(40-50-52(46,47)49-6-3)39-48-42(44)37-35-33-31-29-27-25-20-18-16-14-12-10-8-5-2/h21-22,41H,4-20,23-40H2,1-3H3,(H,46,47)/b22-21-. The predicted molar refractivity (Wildman–Crippen MR) is 216 cm³/mol. The summed E-state index contributed by atoms with van der Waals surface area (Å²) in [6.45, 7) is 5.50. The van der Waals surface area contributed by atoms with Crippen molar-refractivity contribution in [2.24, 2.45) is 0 Å². The summed E-state index contributed by atoms with van der Waals surface area (Å²) in [5.74, 6) is -0.791. The van der Waals surface area contributed by atoms with Gasteiger partial charge in [0.1, 0.15) is 6.61 Å². The van der Waals surface area contributed by atoms with Crippen LogP contribution in [0.15, 0.2) is 12.2 Å². The fraction of sp³-hybridized carbons (Fsp3) is 0.907. The molecule has 0 amide bonds. The molecule has 0 aromatic carbocycles. The van der Waals surface area contributed by atoms with Gasteiger partial charge in [-0.2, -0.15) is 0 Å². The molecule has 9 heteroatoms. The van der Waals surface area contributed by atoms with Crippen LogP contribution in [0.1, 0.15) is 226 Å². The van der Waals surface area contributed by atoms with Crippen LogP contribution in [-0.2, 0) is 32.7 Å². The summed E-state index contributed by atoms with van der Waals surface area (Å²) >= 11 is 0. The third-order valence-electron chi connectivity index (χ3n) is 9.57. The fourth-order valence-corrected chi connectivity index (χ4v) is 7.09. The lowest BCUT2D eigenvalue weighted by Gasteiger charge is -2.19. The summed E-state index contributed by atoms with van der Waals surface area (Å²) in [6.07, 6.45) is 41.2. The van der Waals surface area contributed by atoms with Crippen molar-refractivity contribution in [3.8, 4) is 0 Å². The maximum atomic E-state index is 12.6. The molecule has 0 saturated carbocycles. The SMILES string of the molecule is CCCCCCCCC/C=C\CCCCCCCCCC(=O)OC(COC(=O)CCCCCCCCCCCCCCCC)COP(=O)(O)OCC. The van der Waals surface area contributed by atoms with Gasteiger partial charge >= 0.3 is 19.8 Å². The Labute approximate surface area is 320 Å². The molecule has 0 heterocycles. The monoisotopic (exact) mass is 759 g/mol. The predicted octanol–water partition coefficient (Wildman–Crippen LogP) is 13.7. The summed E-state index contributed by atoms with van der Waals surface area (Å²) in [7, 11) is -4.27. The topological polar surface area (TPSA) is 108 Å². The van der Waals surface area contributed by atoms with E-state index in [1.807, 2.05) is 0 Å². The first kappa shape index (κ1) is 50.8. The van der Waals surface area contributed by atoms with E-state index < -0.39 is 19.9 Å². The number of hydrogen-bond donors (Lipinski definition) is 1. The lowest BCUT2D eigenvalue weighted by Crippen LogP contribution is -2.29. The van der Waals surface area contributed by atoms with Crippen molar-refractivity contribution in [2.75, 3.05) is 19.8 Å². The molecule has 8 nitrogen and oxygen atoms in total. The summed E-state index contributed by atoms with van der Waals surface area (Å²) in [6, 6.07) is 0. The van der Waals surface area contributed by atoms with Gasteiger partial charge in [-0.05, 0) is 45.4 Å². The molecule has 52 heavy (non-hydrogen) atoms. The molecule has 0 aliphatic carbocycles.